The van der Waals surface area contributed by atoms with E-state index in [-0.39, 0.29) is 25.7 Å². The Hall–Kier alpha value is -1.94. The van der Waals surface area contributed by atoms with Crippen molar-refractivity contribution >= 4 is 39.5 Å². The minimum atomic E-state index is -4.97. The van der Waals surface area contributed by atoms with Crippen LogP contribution in [0.3, 0.4) is 0 Å². The maximum Gasteiger partial charge on any atom is 0.472 e. The van der Waals surface area contributed by atoms with Crippen molar-refractivity contribution in [2.75, 3.05) is 39.6 Å². The van der Waals surface area contributed by atoms with Crippen LogP contribution in [0.25, 0.3) is 0 Å². The summed E-state index contributed by atoms with van der Waals surface area (Å²) in [6.07, 6.45) is 75.0. The topological polar surface area (TPSA) is 237 Å². The van der Waals surface area contributed by atoms with Crippen molar-refractivity contribution in [3.8, 4) is 0 Å². The molecule has 0 aromatic carbocycles. The van der Waals surface area contributed by atoms with Crippen molar-refractivity contribution in [3.63, 3.8) is 0 Å². The van der Waals surface area contributed by atoms with Gasteiger partial charge in [0.15, 0.2) is 12.2 Å². The van der Waals surface area contributed by atoms with E-state index >= 15 is 0 Å². The number of ether oxygens (including phenoxy) is 4. The quantitative estimate of drug-likeness (QED) is 0.0222. The van der Waals surface area contributed by atoms with E-state index in [4.69, 9.17) is 37.0 Å². The predicted octanol–water partition coefficient (Wildman–Crippen LogP) is 28.4. The van der Waals surface area contributed by atoms with Crippen LogP contribution >= 0.6 is 15.6 Å². The molecular formula is C92H180O17P2. The van der Waals surface area contributed by atoms with E-state index in [0.717, 1.165) is 108 Å². The summed E-state index contributed by atoms with van der Waals surface area (Å²) in [4.78, 5) is 73.5. The second-order valence-corrected chi connectivity index (χ2v) is 37.2. The van der Waals surface area contributed by atoms with Crippen LogP contribution in [0.2, 0.25) is 0 Å². The zero-order valence-electron chi connectivity index (χ0n) is 73.4. The molecule has 0 spiro atoms. The van der Waals surface area contributed by atoms with Crippen molar-refractivity contribution in [1.82, 2.24) is 0 Å². The second-order valence-electron chi connectivity index (χ2n) is 34.2. The summed E-state index contributed by atoms with van der Waals surface area (Å²) in [5, 5.41) is 10.7. The number of phosphoric acid groups is 2. The van der Waals surface area contributed by atoms with Gasteiger partial charge in [0.25, 0.3) is 0 Å². The molecule has 111 heavy (non-hydrogen) atoms. The van der Waals surface area contributed by atoms with Crippen LogP contribution < -0.4 is 0 Å². The Balaban J connectivity index is 5.25. The Kier molecular flexibility index (Phi) is 80.4. The molecule has 0 amide bonds. The van der Waals surface area contributed by atoms with Gasteiger partial charge in [0.1, 0.15) is 19.3 Å². The van der Waals surface area contributed by atoms with Gasteiger partial charge >= 0.3 is 39.5 Å². The molecule has 3 N–H and O–H groups in total. The number of hydrogen-bond donors (Lipinski definition) is 3. The molecule has 0 fully saturated rings. The van der Waals surface area contributed by atoms with E-state index in [9.17, 15) is 43.2 Å². The van der Waals surface area contributed by atoms with Gasteiger partial charge in [0.05, 0.1) is 26.4 Å². The van der Waals surface area contributed by atoms with Gasteiger partial charge in [-0.15, -0.1) is 0 Å². The first-order valence-electron chi connectivity index (χ1n) is 47.4. The van der Waals surface area contributed by atoms with E-state index in [0.29, 0.717) is 25.7 Å². The van der Waals surface area contributed by atoms with E-state index in [2.05, 4.69) is 48.5 Å². The highest BCUT2D eigenvalue weighted by Crippen LogP contribution is 2.45. The molecule has 0 radical (unpaired) electrons. The lowest BCUT2D eigenvalue weighted by Crippen LogP contribution is -2.30. The lowest BCUT2D eigenvalue weighted by atomic mass is 9.99. The number of carbonyl (C=O) groups is 4. The van der Waals surface area contributed by atoms with Crippen molar-refractivity contribution < 1.29 is 80.2 Å². The monoisotopic (exact) mass is 1620 g/mol. The van der Waals surface area contributed by atoms with Crippen molar-refractivity contribution in [1.29, 1.82) is 0 Å². The van der Waals surface area contributed by atoms with E-state index in [1.807, 2.05) is 0 Å². The molecule has 19 heteroatoms. The fraction of sp³-hybridized carbons (Fsp3) is 0.957. The highest BCUT2D eigenvalue weighted by molar-refractivity contribution is 7.47. The van der Waals surface area contributed by atoms with Crippen LogP contribution in [-0.4, -0.2) is 96.7 Å². The van der Waals surface area contributed by atoms with Crippen molar-refractivity contribution in [2.45, 2.75) is 510 Å². The van der Waals surface area contributed by atoms with Crippen LogP contribution in [0, 0.1) is 17.8 Å². The third-order valence-electron chi connectivity index (χ3n) is 22.0. The number of aliphatic hydroxyl groups excluding tert-OH is 1. The van der Waals surface area contributed by atoms with Crippen LogP contribution in [0.1, 0.15) is 492 Å². The Morgan fingerprint density at radius 3 is 0.685 bits per heavy atom. The van der Waals surface area contributed by atoms with Crippen LogP contribution in [0.4, 0.5) is 0 Å². The number of aliphatic hydroxyl groups is 1. The van der Waals surface area contributed by atoms with Gasteiger partial charge in [-0.2, -0.15) is 0 Å². The molecule has 0 aliphatic carbocycles. The molecule has 0 aromatic heterocycles. The first-order chi connectivity index (χ1) is 53.8. The summed E-state index contributed by atoms with van der Waals surface area (Å²) >= 11 is 0. The van der Waals surface area contributed by atoms with Gasteiger partial charge in [-0.1, -0.05) is 440 Å². The fourth-order valence-electron chi connectivity index (χ4n) is 14.4. The average Bonchev–Trinajstić information content (AvgIpc) is 0.899. The molecule has 0 aliphatic rings. The largest absolute Gasteiger partial charge is 0.472 e. The van der Waals surface area contributed by atoms with Gasteiger partial charge in [-0.05, 0) is 43.4 Å². The highest BCUT2D eigenvalue weighted by atomic mass is 31.2. The Morgan fingerprint density at radius 1 is 0.261 bits per heavy atom. The minimum absolute atomic E-state index is 0.108. The average molecular weight is 1620 g/mol. The van der Waals surface area contributed by atoms with E-state index in [1.54, 1.807) is 0 Å². The van der Waals surface area contributed by atoms with Gasteiger partial charge in [-0.3, -0.25) is 37.3 Å². The number of carbonyl (C=O) groups excluding carboxylic acids is 4. The maximum absolute atomic E-state index is 13.2. The summed E-state index contributed by atoms with van der Waals surface area (Å²) in [5.74, 6) is 0.313. The third-order valence-corrected chi connectivity index (χ3v) is 23.9. The van der Waals surface area contributed by atoms with E-state index in [1.165, 1.54) is 302 Å². The van der Waals surface area contributed by atoms with Crippen LogP contribution in [0.5, 0.6) is 0 Å². The minimum Gasteiger partial charge on any atom is -0.462 e. The third kappa shape index (κ3) is 84.3. The fourth-order valence-corrected chi connectivity index (χ4v) is 16.0. The molecule has 0 aromatic rings. The number of phosphoric ester groups is 2. The van der Waals surface area contributed by atoms with Gasteiger partial charge in [0.2, 0.25) is 0 Å². The van der Waals surface area contributed by atoms with Crippen molar-refractivity contribution in [2.24, 2.45) is 17.8 Å². The van der Waals surface area contributed by atoms with E-state index < -0.39 is 97.5 Å². The van der Waals surface area contributed by atoms with Gasteiger partial charge in [0, 0.05) is 25.7 Å². The van der Waals surface area contributed by atoms with Gasteiger partial charge in [-0.25, -0.2) is 9.13 Å². The Labute approximate surface area is 683 Å². The number of hydrogen-bond acceptors (Lipinski definition) is 15. The SMILES string of the molecule is CCCCCCCCCCCCCCCCCCCCCC(=O)O[C@H](COC(=O)CCCCCCCCCCC(C)CC)COP(=O)(O)OC[C@H](O)COP(=O)(O)OC[C@@H](COC(=O)CCCCCCCCCCCCCCCCCCC(C)C)OC(=O)CCCCCCCCCCCCCCCCCCCCC(C)C. The van der Waals surface area contributed by atoms with Gasteiger partial charge < -0.3 is 33.8 Å². The smallest absolute Gasteiger partial charge is 0.462 e. The Bertz CT molecular complexity index is 2130. The first-order valence-corrected chi connectivity index (χ1v) is 50.4. The molecule has 660 valence electrons. The predicted molar refractivity (Wildman–Crippen MR) is 460 cm³/mol. The molecule has 6 atom stereocenters. The lowest BCUT2D eigenvalue weighted by Gasteiger charge is -2.21. The molecule has 0 bridgehead atoms. The number of unbranched alkanes of at least 4 members (excludes halogenated alkanes) is 57. The zero-order chi connectivity index (χ0) is 81.5. The standard InChI is InChI=1S/C92H180O17P2/c1-8-10-11-12-13-14-15-16-17-18-19-23-30-35-40-45-54-61-69-76-92(97)109-88(80-103-90(95)74-67-60-53-48-47-51-58-65-72-85(7)9-2)82-107-111(100,101)105-78-86(93)77-104-110(98,99)106-81-87(79-102-89(94)73-66-59-52-44-39-34-29-26-25-28-33-38-43-50-57-64-71-84(5)6)108-91(96)75-68-62-55-46-41-36-31-24-21-20-22-27-32-37-42-49-56-63-70-83(3)4/h83-88,93H,8-82H2,1-7H3,(H,98,99)(H,100,101)/t85?,86-,87-,88-/m1/s1. The normalized spacial score (nSPS) is 14.0. The lowest BCUT2D eigenvalue weighted by molar-refractivity contribution is -0.161. The second kappa shape index (κ2) is 81.8. The molecular weight excluding hydrogens is 1440 g/mol. The number of esters is 4. The molecule has 3 unspecified atom stereocenters. The number of rotatable bonds is 90. The van der Waals surface area contributed by atoms with Crippen LogP contribution in [-0.2, 0) is 65.4 Å². The molecule has 0 aliphatic heterocycles. The summed E-state index contributed by atoms with van der Waals surface area (Å²) in [6.45, 7) is 12.1. The maximum atomic E-state index is 13.2. The molecule has 17 nitrogen and oxygen atoms in total. The molecule has 0 heterocycles. The molecule has 0 saturated carbocycles. The van der Waals surface area contributed by atoms with Crippen LogP contribution in [0.15, 0.2) is 0 Å². The van der Waals surface area contributed by atoms with Crippen molar-refractivity contribution in [3.05, 3.63) is 0 Å². The summed E-state index contributed by atoms with van der Waals surface area (Å²) in [7, 11) is -9.94. The Morgan fingerprint density at radius 2 is 0.459 bits per heavy atom. The molecule has 0 saturated heterocycles. The molecule has 0 rings (SSSR count). The summed E-state index contributed by atoms with van der Waals surface area (Å²) in [5.41, 5.74) is 0. The zero-order valence-corrected chi connectivity index (χ0v) is 75.2. The summed E-state index contributed by atoms with van der Waals surface area (Å²) < 4.78 is 69.1. The summed E-state index contributed by atoms with van der Waals surface area (Å²) in [6, 6.07) is 0. The highest BCUT2D eigenvalue weighted by Gasteiger charge is 2.31. The first kappa shape index (κ1) is 109.